The summed E-state index contributed by atoms with van der Waals surface area (Å²) in [6, 6.07) is -1.09. The maximum absolute atomic E-state index is 11.9. The third-order valence-electron chi connectivity index (χ3n) is 2.76. The van der Waals surface area contributed by atoms with E-state index in [1.54, 1.807) is 28.8 Å². The fourth-order valence-corrected chi connectivity index (χ4v) is 2.82. The van der Waals surface area contributed by atoms with Crippen LogP contribution in [0.4, 0.5) is 4.79 Å². The highest BCUT2D eigenvalue weighted by Gasteiger charge is 2.32. The second-order valence-corrected chi connectivity index (χ2v) is 5.17. The first kappa shape index (κ1) is 13.7. The van der Waals surface area contributed by atoms with Crippen molar-refractivity contribution in [2.75, 3.05) is 24.6 Å². The lowest BCUT2D eigenvalue weighted by atomic mass is 10.3. The Hall–Kier alpha value is -1.77. The standard InChI is InChI=1S/C10H15N5O3S/c16-9(17)8-7-19-6-5-15(8)10(18)11-1-3-14-4-2-12-13-14/h2,4,8H,1,3,5-7H2,(H,11,18)(H,16,17). The maximum Gasteiger partial charge on any atom is 0.327 e. The number of amides is 2. The van der Waals surface area contributed by atoms with Crippen LogP contribution in [0, 0.1) is 0 Å². The lowest BCUT2D eigenvalue weighted by Gasteiger charge is -2.32. The average Bonchev–Trinajstić information content (AvgIpc) is 2.91. The normalized spacial score (nSPS) is 19.2. The van der Waals surface area contributed by atoms with E-state index >= 15 is 0 Å². The molecule has 1 fully saturated rings. The third-order valence-corrected chi connectivity index (χ3v) is 3.79. The lowest BCUT2D eigenvalue weighted by Crippen LogP contribution is -2.54. The Morgan fingerprint density at radius 2 is 2.37 bits per heavy atom. The highest BCUT2D eigenvalue weighted by Crippen LogP contribution is 2.16. The Balaban J connectivity index is 1.82. The monoisotopic (exact) mass is 285 g/mol. The predicted octanol–water partition coefficient (Wildman–Crippen LogP) is -0.510. The molecule has 1 atom stereocenters. The number of aromatic nitrogens is 3. The second-order valence-electron chi connectivity index (χ2n) is 4.02. The predicted molar refractivity (Wildman–Crippen MR) is 68.9 cm³/mol. The molecule has 1 aromatic heterocycles. The molecule has 2 heterocycles. The first-order chi connectivity index (χ1) is 9.18. The van der Waals surface area contributed by atoms with Gasteiger partial charge in [-0.2, -0.15) is 11.8 Å². The molecule has 1 aromatic rings. The van der Waals surface area contributed by atoms with E-state index in [9.17, 15) is 9.59 Å². The van der Waals surface area contributed by atoms with Crippen molar-refractivity contribution in [3.05, 3.63) is 12.4 Å². The molecule has 104 valence electrons. The minimum absolute atomic E-state index is 0.340. The molecule has 0 aliphatic carbocycles. The first-order valence-corrected chi connectivity index (χ1v) is 7.03. The molecule has 9 heteroatoms. The number of thioether (sulfide) groups is 1. The van der Waals surface area contributed by atoms with E-state index in [1.807, 2.05) is 0 Å². The zero-order valence-corrected chi connectivity index (χ0v) is 11.0. The van der Waals surface area contributed by atoms with Gasteiger partial charge in [0.2, 0.25) is 0 Å². The molecule has 0 bridgehead atoms. The fraction of sp³-hybridized carbons (Fsp3) is 0.600. The molecule has 2 amide bonds. The minimum atomic E-state index is -0.960. The number of nitrogens with one attached hydrogen (secondary N) is 1. The van der Waals surface area contributed by atoms with E-state index in [1.165, 1.54) is 4.90 Å². The summed E-state index contributed by atoms with van der Waals surface area (Å²) in [7, 11) is 0. The van der Waals surface area contributed by atoms with Gasteiger partial charge < -0.3 is 15.3 Å². The molecule has 1 saturated heterocycles. The molecular formula is C10H15N5O3S. The van der Waals surface area contributed by atoms with Crippen LogP contribution in [0.15, 0.2) is 12.4 Å². The molecule has 2 N–H and O–H groups in total. The molecule has 8 nitrogen and oxygen atoms in total. The van der Waals surface area contributed by atoms with Crippen LogP contribution in [-0.2, 0) is 11.3 Å². The van der Waals surface area contributed by atoms with E-state index < -0.39 is 12.0 Å². The topological polar surface area (TPSA) is 100 Å². The largest absolute Gasteiger partial charge is 0.480 e. The van der Waals surface area contributed by atoms with Crippen molar-refractivity contribution in [2.45, 2.75) is 12.6 Å². The summed E-state index contributed by atoms with van der Waals surface area (Å²) >= 11 is 1.55. The lowest BCUT2D eigenvalue weighted by molar-refractivity contribution is -0.141. The smallest absolute Gasteiger partial charge is 0.327 e. The molecule has 2 rings (SSSR count). The number of urea groups is 1. The van der Waals surface area contributed by atoms with E-state index in [0.717, 1.165) is 5.75 Å². The zero-order valence-electron chi connectivity index (χ0n) is 10.2. The number of carboxylic acids is 1. The summed E-state index contributed by atoms with van der Waals surface area (Å²) in [5, 5.41) is 19.2. The van der Waals surface area contributed by atoms with Crippen molar-refractivity contribution in [3.63, 3.8) is 0 Å². The van der Waals surface area contributed by atoms with E-state index in [0.29, 0.717) is 25.4 Å². The molecule has 0 radical (unpaired) electrons. The summed E-state index contributed by atoms with van der Waals surface area (Å²) in [6.07, 6.45) is 3.26. The molecule has 1 aliphatic rings. The molecular weight excluding hydrogens is 270 g/mol. The number of rotatable bonds is 4. The van der Waals surface area contributed by atoms with Crippen molar-refractivity contribution in [2.24, 2.45) is 0 Å². The molecule has 0 saturated carbocycles. The molecule has 1 unspecified atom stereocenters. The highest BCUT2D eigenvalue weighted by molar-refractivity contribution is 7.99. The Morgan fingerprint density at radius 3 is 3.05 bits per heavy atom. The Bertz CT molecular complexity index is 438. The van der Waals surface area contributed by atoms with Gasteiger partial charge in [-0.25, -0.2) is 9.59 Å². The van der Waals surface area contributed by atoms with Gasteiger partial charge in [0.25, 0.3) is 0 Å². The van der Waals surface area contributed by atoms with Gasteiger partial charge in [0.1, 0.15) is 6.04 Å². The summed E-state index contributed by atoms with van der Waals surface area (Å²) in [5.41, 5.74) is 0. The van der Waals surface area contributed by atoms with E-state index in [-0.39, 0.29) is 6.03 Å². The van der Waals surface area contributed by atoms with Crippen molar-refractivity contribution >= 4 is 23.8 Å². The molecule has 0 spiro atoms. The zero-order chi connectivity index (χ0) is 13.7. The minimum Gasteiger partial charge on any atom is -0.480 e. The average molecular weight is 285 g/mol. The number of carboxylic acid groups (broad SMARTS) is 1. The number of carbonyl (C=O) groups is 2. The molecule has 1 aliphatic heterocycles. The van der Waals surface area contributed by atoms with Gasteiger partial charge in [0, 0.05) is 30.8 Å². The van der Waals surface area contributed by atoms with Crippen LogP contribution >= 0.6 is 11.8 Å². The van der Waals surface area contributed by atoms with Crippen molar-refractivity contribution in [1.82, 2.24) is 25.2 Å². The summed E-state index contributed by atoms with van der Waals surface area (Å²) in [6.45, 7) is 1.35. The van der Waals surface area contributed by atoms with Crippen LogP contribution in [0.25, 0.3) is 0 Å². The fourth-order valence-electron chi connectivity index (χ4n) is 1.78. The molecule has 0 aromatic carbocycles. The van der Waals surface area contributed by atoms with Gasteiger partial charge in [-0.3, -0.25) is 4.68 Å². The van der Waals surface area contributed by atoms with Crippen LogP contribution in [0.5, 0.6) is 0 Å². The Kier molecular flexibility index (Phi) is 4.61. The van der Waals surface area contributed by atoms with Crippen molar-refractivity contribution in [3.8, 4) is 0 Å². The molecule has 19 heavy (non-hydrogen) atoms. The highest BCUT2D eigenvalue weighted by atomic mass is 32.2. The van der Waals surface area contributed by atoms with Gasteiger partial charge in [-0.1, -0.05) is 5.21 Å². The maximum atomic E-state index is 11.9. The van der Waals surface area contributed by atoms with Gasteiger partial charge in [0.15, 0.2) is 0 Å². The number of carbonyl (C=O) groups excluding carboxylic acids is 1. The van der Waals surface area contributed by atoms with Crippen LogP contribution in [0.1, 0.15) is 0 Å². The summed E-state index contributed by atoms with van der Waals surface area (Å²) < 4.78 is 1.60. The van der Waals surface area contributed by atoms with Gasteiger partial charge in [0.05, 0.1) is 12.7 Å². The Morgan fingerprint density at radius 1 is 1.53 bits per heavy atom. The number of hydrogen-bond donors (Lipinski definition) is 2. The summed E-state index contributed by atoms with van der Waals surface area (Å²) in [5.74, 6) is 0.241. The summed E-state index contributed by atoms with van der Waals surface area (Å²) in [4.78, 5) is 24.4. The van der Waals surface area contributed by atoms with Gasteiger partial charge >= 0.3 is 12.0 Å². The SMILES string of the molecule is O=C(O)C1CSCCN1C(=O)NCCn1ccnn1. The number of nitrogens with zero attached hydrogens (tertiary/aromatic N) is 4. The van der Waals surface area contributed by atoms with Crippen molar-refractivity contribution in [1.29, 1.82) is 0 Å². The van der Waals surface area contributed by atoms with Crippen molar-refractivity contribution < 1.29 is 14.7 Å². The second kappa shape index (κ2) is 6.41. The number of hydrogen-bond acceptors (Lipinski definition) is 5. The van der Waals surface area contributed by atoms with Crippen LogP contribution in [0.3, 0.4) is 0 Å². The van der Waals surface area contributed by atoms with Crippen LogP contribution in [-0.4, -0.2) is 67.6 Å². The van der Waals surface area contributed by atoms with Gasteiger partial charge in [-0.05, 0) is 0 Å². The Labute approximate surface area is 114 Å². The van der Waals surface area contributed by atoms with E-state index in [2.05, 4.69) is 15.6 Å². The van der Waals surface area contributed by atoms with Crippen LogP contribution in [0.2, 0.25) is 0 Å². The van der Waals surface area contributed by atoms with Crippen LogP contribution < -0.4 is 5.32 Å². The van der Waals surface area contributed by atoms with Gasteiger partial charge in [-0.15, -0.1) is 5.10 Å². The van der Waals surface area contributed by atoms with E-state index in [4.69, 9.17) is 5.11 Å². The first-order valence-electron chi connectivity index (χ1n) is 5.87. The quantitative estimate of drug-likeness (QED) is 0.773. The third kappa shape index (κ3) is 3.60. The number of aliphatic carboxylic acids is 1.